The van der Waals surface area contributed by atoms with E-state index in [1.54, 1.807) is 0 Å². The summed E-state index contributed by atoms with van der Waals surface area (Å²) in [6.07, 6.45) is 3.74. The third-order valence-electron chi connectivity index (χ3n) is 5.53. The minimum Gasteiger partial charge on any atom is -0.389 e. The zero-order valence-electron chi connectivity index (χ0n) is 15.0. The first-order valence-electron chi connectivity index (χ1n) is 9.16. The van der Waals surface area contributed by atoms with Crippen LogP contribution in [0.3, 0.4) is 0 Å². The molecule has 1 heterocycles. The lowest BCUT2D eigenvalue weighted by molar-refractivity contribution is -0.0751. The molecule has 2 aliphatic rings. The van der Waals surface area contributed by atoms with Crippen LogP contribution in [-0.2, 0) is 4.74 Å². The standard InChI is InChI=1S/C18H36N2O2/c1-14(2)17-6-5-15(3)11-18(17)22-13-16(21)12-20-9-7-19(4)8-10-20/h14-18,21H,5-13H2,1-4H3/t15-,16-,17+,18-/m1/s1. The van der Waals surface area contributed by atoms with Crippen LogP contribution in [0.1, 0.15) is 40.0 Å². The summed E-state index contributed by atoms with van der Waals surface area (Å²) in [5.74, 6) is 2.09. The molecule has 2 rings (SSSR count). The molecule has 4 nitrogen and oxygen atoms in total. The number of hydrogen-bond acceptors (Lipinski definition) is 4. The van der Waals surface area contributed by atoms with Gasteiger partial charge in [-0.3, -0.25) is 4.90 Å². The van der Waals surface area contributed by atoms with E-state index in [1.165, 1.54) is 12.8 Å². The van der Waals surface area contributed by atoms with E-state index in [1.807, 2.05) is 0 Å². The molecule has 0 aromatic carbocycles. The van der Waals surface area contributed by atoms with Gasteiger partial charge >= 0.3 is 0 Å². The van der Waals surface area contributed by atoms with Crippen molar-refractivity contribution in [3.8, 4) is 0 Å². The largest absolute Gasteiger partial charge is 0.389 e. The Balaban J connectivity index is 1.73. The molecule has 1 saturated heterocycles. The van der Waals surface area contributed by atoms with Crippen molar-refractivity contribution in [3.05, 3.63) is 0 Å². The highest BCUT2D eigenvalue weighted by atomic mass is 16.5. The van der Waals surface area contributed by atoms with Gasteiger partial charge in [-0.05, 0) is 37.6 Å². The number of rotatable bonds is 6. The van der Waals surface area contributed by atoms with E-state index in [-0.39, 0.29) is 6.10 Å². The molecule has 0 radical (unpaired) electrons. The number of hydrogen-bond donors (Lipinski definition) is 1. The van der Waals surface area contributed by atoms with Crippen molar-refractivity contribution in [3.63, 3.8) is 0 Å². The fraction of sp³-hybridized carbons (Fsp3) is 1.00. The van der Waals surface area contributed by atoms with Gasteiger partial charge in [0.15, 0.2) is 0 Å². The molecule has 0 spiro atoms. The van der Waals surface area contributed by atoms with Crippen LogP contribution in [0, 0.1) is 17.8 Å². The lowest BCUT2D eigenvalue weighted by atomic mass is 9.75. The Hall–Kier alpha value is -0.160. The minimum absolute atomic E-state index is 0.339. The number of β-amino-alcohol motifs (C(OH)–C–C–N with tert-alkyl or cyclic N) is 1. The third kappa shape index (κ3) is 5.48. The average Bonchev–Trinajstić information content (AvgIpc) is 2.47. The topological polar surface area (TPSA) is 35.9 Å². The maximum Gasteiger partial charge on any atom is 0.0900 e. The van der Waals surface area contributed by atoms with E-state index in [2.05, 4.69) is 37.6 Å². The molecule has 130 valence electrons. The quantitative estimate of drug-likeness (QED) is 0.814. The van der Waals surface area contributed by atoms with Gasteiger partial charge in [0.2, 0.25) is 0 Å². The van der Waals surface area contributed by atoms with Gasteiger partial charge < -0.3 is 14.7 Å². The smallest absolute Gasteiger partial charge is 0.0900 e. The lowest BCUT2D eigenvalue weighted by Crippen LogP contribution is -2.48. The van der Waals surface area contributed by atoms with Crippen molar-refractivity contribution >= 4 is 0 Å². The predicted molar refractivity (Wildman–Crippen MR) is 91.0 cm³/mol. The number of likely N-dealkylation sites (N-methyl/N-ethyl adjacent to an activating group) is 1. The van der Waals surface area contributed by atoms with Crippen molar-refractivity contribution < 1.29 is 9.84 Å². The molecule has 4 heteroatoms. The minimum atomic E-state index is -0.353. The molecule has 0 aromatic heterocycles. The first-order valence-corrected chi connectivity index (χ1v) is 9.16. The predicted octanol–water partition coefficient (Wildman–Crippen LogP) is 2.07. The monoisotopic (exact) mass is 312 g/mol. The van der Waals surface area contributed by atoms with E-state index < -0.39 is 0 Å². The Labute approximate surface area is 136 Å². The molecule has 4 atom stereocenters. The normalized spacial score (nSPS) is 33.3. The molecule has 1 aliphatic carbocycles. The summed E-state index contributed by atoms with van der Waals surface area (Å²) >= 11 is 0. The number of piperazine rings is 1. The Morgan fingerprint density at radius 2 is 1.82 bits per heavy atom. The van der Waals surface area contributed by atoms with Gasteiger partial charge in [-0.15, -0.1) is 0 Å². The van der Waals surface area contributed by atoms with E-state index in [0.29, 0.717) is 24.5 Å². The highest BCUT2D eigenvalue weighted by molar-refractivity contribution is 4.82. The van der Waals surface area contributed by atoms with Crippen LogP contribution in [-0.4, -0.2) is 73.5 Å². The van der Waals surface area contributed by atoms with Gasteiger partial charge in [0.05, 0.1) is 18.8 Å². The zero-order valence-corrected chi connectivity index (χ0v) is 15.0. The van der Waals surface area contributed by atoms with Crippen LogP contribution in [0.15, 0.2) is 0 Å². The summed E-state index contributed by atoms with van der Waals surface area (Å²) in [4.78, 5) is 4.70. The molecule has 0 bridgehead atoms. The lowest BCUT2D eigenvalue weighted by Gasteiger charge is -2.38. The highest BCUT2D eigenvalue weighted by Gasteiger charge is 2.31. The van der Waals surface area contributed by atoms with Crippen LogP contribution < -0.4 is 0 Å². The van der Waals surface area contributed by atoms with Crippen molar-refractivity contribution in [2.75, 3.05) is 46.4 Å². The highest BCUT2D eigenvalue weighted by Crippen LogP contribution is 2.35. The average molecular weight is 312 g/mol. The summed E-state index contributed by atoms with van der Waals surface area (Å²) in [5, 5.41) is 10.3. The number of aliphatic hydroxyl groups is 1. The zero-order chi connectivity index (χ0) is 16.1. The second-order valence-electron chi connectivity index (χ2n) is 7.96. The molecule has 2 fully saturated rings. The Bertz CT molecular complexity index is 316. The summed E-state index contributed by atoms with van der Waals surface area (Å²) in [6, 6.07) is 0. The van der Waals surface area contributed by atoms with Gasteiger partial charge in [0.25, 0.3) is 0 Å². The van der Waals surface area contributed by atoms with Crippen LogP contribution in [0.25, 0.3) is 0 Å². The first kappa shape index (κ1) is 18.2. The van der Waals surface area contributed by atoms with Crippen LogP contribution in [0.2, 0.25) is 0 Å². The molecule has 1 saturated carbocycles. The van der Waals surface area contributed by atoms with Crippen LogP contribution >= 0.6 is 0 Å². The fourth-order valence-corrected chi connectivity index (χ4v) is 3.92. The Morgan fingerprint density at radius 1 is 1.14 bits per heavy atom. The van der Waals surface area contributed by atoms with E-state index in [9.17, 15) is 5.11 Å². The van der Waals surface area contributed by atoms with Crippen molar-refractivity contribution in [1.29, 1.82) is 0 Å². The van der Waals surface area contributed by atoms with Crippen molar-refractivity contribution in [1.82, 2.24) is 9.80 Å². The summed E-state index contributed by atoms with van der Waals surface area (Å²) in [5.41, 5.74) is 0. The molecule has 1 N–H and O–H groups in total. The first-order chi connectivity index (χ1) is 10.5. The summed E-state index contributed by atoms with van der Waals surface area (Å²) in [6.45, 7) is 12.5. The molecular weight excluding hydrogens is 276 g/mol. The second-order valence-corrected chi connectivity index (χ2v) is 7.96. The summed E-state index contributed by atoms with van der Waals surface area (Å²) in [7, 11) is 2.16. The Kier molecular flexibility index (Phi) is 7.13. The maximum absolute atomic E-state index is 10.3. The van der Waals surface area contributed by atoms with Gasteiger partial charge in [0, 0.05) is 32.7 Å². The maximum atomic E-state index is 10.3. The third-order valence-corrected chi connectivity index (χ3v) is 5.53. The molecule has 0 unspecified atom stereocenters. The van der Waals surface area contributed by atoms with Crippen molar-refractivity contribution in [2.45, 2.75) is 52.2 Å². The number of nitrogens with zero attached hydrogens (tertiary/aromatic N) is 2. The van der Waals surface area contributed by atoms with E-state index in [0.717, 1.165) is 45.1 Å². The SMILES string of the molecule is CC(C)[C@@H]1CC[C@@H](C)C[C@H]1OC[C@H](O)CN1CCN(C)CC1. The van der Waals surface area contributed by atoms with Crippen LogP contribution in [0.5, 0.6) is 0 Å². The Morgan fingerprint density at radius 3 is 2.45 bits per heavy atom. The van der Waals surface area contributed by atoms with Crippen molar-refractivity contribution in [2.24, 2.45) is 17.8 Å². The van der Waals surface area contributed by atoms with E-state index in [4.69, 9.17) is 4.74 Å². The number of aliphatic hydroxyl groups excluding tert-OH is 1. The van der Waals surface area contributed by atoms with E-state index >= 15 is 0 Å². The summed E-state index contributed by atoms with van der Waals surface area (Å²) < 4.78 is 6.16. The molecule has 0 aromatic rings. The van der Waals surface area contributed by atoms with Crippen LogP contribution in [0.4, 0.5) is 0 Å². The number of ether oxygens (including phenoxy) is 1. The molecule has 22 heavy (non-hydrogen) atoms. The molecule has 0 amide bonds. The van der Waals surface area contributed by atoms with Gasteiger partial charge in [0.1, 0.15) is 0 Å². The van der Waals surface area contributed by atoms with Gasteiger partial charge in [-0.1, -0.05) is 27.2 Å². The van der Waals surface area contributed by atoms with Gasteiger partial charge in [-0.2, -0.15) is 0 Å². The molecular formula is C18H36N2O2. The fourth-order valence-electron chi connectivity index (χ4n) is 3.92. The van der Waals surface area contributed by atoms with Gasteiger partial charge in [-0.25, -0.2) is 0 Å². The molecule has 1 aliphatic heterocycles. The second kappa shape index (κ2) is 8.62.